The van der Waals surface area contributed by atoms with E-state index in [1.54, 1.807) is 0 Å². The summed E-state index contributed by atoms with van der Waals surface area (Å²) < 4.78 is 0. The van der Waals surface area contributed by atoms with Gasteiger partial charge in [0.25, 0.3) is 0 Å². The lowest BCUT2D eigenvalue weighted by Crippen LogP contribution is -1.73. The molecule has 18 heavy (non-hydrogen) atoms. The Hall–Kier alpha value is -1.11. The number of unbranched alkanes of at least 4 members (excludes halogenated alkanes) is 5. The molecule has 0 saturated heterocycles. The highest BCUT2D eigenvalue weighted by Crippen LogP contribution is 2.00. The molecule has 0 radical (unpaired) electrons. The van der Waals surface area contributed by atoms with Gasteiger partial charge in [-0.2, -0.15) is 0 Å². The molecular weight excluding hydrogens is 220 g/mol. The average molecular weight is 248 g/mol. The van der Waals surface area contributed by atoms with Crippen molar-refractivity contribution >= 4 is 6.29 Å². The highest BCUT2D eigenvalue weighted by atomic mass is 16.1. The van der Waals surface area contributed by atoms with Gasteiger partial charge < -0.3 is 4.79 Å². The van der Waals surface area contributed by atoms with Gasteiger partial charge in [-0.1, -0.05) is 56.2 Å². The van der Waals surface area contributed by atoms with Crippen LogP contribution in [0.3, 0.4) is 0 Å². The van der Waals surface area contributed by atoms with Crippen molar-refractivity contribution in [1.82, 2.24) is 0 Å². The number of hydrogen-bond acceptors (Lipinski definition) is 1. The zero-order valence-electron chi connectivity index (χ0n) is 11.8. The second kappa shape index (κ2) is 15.9. The first kappa shape index (κ1) is 16.9. The highest BCUT2D eigenvalue weighted by molar-refractivity contribution is 5.48. The molecule has 0 bridgehead atoms. The van der Waals surface area contributed by atoms with Crippen molar-refractivity contribution in [3.8, 4) is 0 Å². The molecule has 0 aliphatic heterocycles. The first-order valence-electron chi connectivity index (χ1n) is 7.30. The molecule has 0 unspecified atom stereocenters. The fourth-order valence-electron chi connectivity index (χ4n) is 1.58. The fraction of sp³-hybridized carbons (Fsp3) is 0.588. The van der Waals surface area contributed by atoms with Crippen molar-refractivity contribution in [3.63, 3.8) is 0 Å². The SMILES string of the molecule is CCCC/C=C\C/C=C\CC/C=C/CCCC=O. The van der Waals surface area contributed by atoms with Crippen molar-refractivity contribution in [2.24, 2.45) is 0 Å². The number of aldehydes is 1. The molecule has 0 rings (SSSR count). The van der Waals surface area contributed by atoms with E-state index >= 15 is 0 Å². The maximum Gasteiger partial charge on any atom is 0.120 e. The van der Waals surface area contributed by atoms with Crippen molar-refractivity contribution in [2.45, 2.75) is 64.7 Å². The van der Waals surface area contributed by atoms with E-state index < -0.39 is 0 Å². The Kier molecular flexibility index (Phi) is 14.9. The van der Waals surface area contributed by atoms with Crippen LogP contribution in [0.15, 0.2) is 36.5 Å². The molecule has 0 spiro atoms. The van der Waals surface area contributed by atoms with Gasteiger partial charge in [-0.25, -0.2) is 0 Å². The second-order valence-corrected chi connectivity index (χ2v) is 4.47. The smallest absolute Gasteiger partial charge is 0.120 e. The zero-order valence-corrected chi connectivity index (χ0v) is 11.8. The molecular formula is C17H28O. The van der Waals surface area contributed by atoms with Crippen LogP contribution >= 0.6 is 0 Å². The average Bonchev–Trinajstić information content (AvgIpc) is 2.39. The van der Waals surface area contributed by atoms with Gasteiger partial charge in [0.15, 0.2) is 0 Å². The van der Waals surface area contributed by atoms with Gasteiger partial charge in [0.1, 0.15) is 6.29 Å². The Labute approximate surface area is 113 Å². The molecule has 1 nitrogen and oxygen atoms in total. The maximum atomic E-state index is 10.1. The molecule has 0 heterocycles. The summed E-state index contributed by atoms with van der Waals surface area (Å²) >= 11 is 0. The molecule has 0 aliphatic rings. The second-order valence-electron chi connectivity index (χ2n) is 4.47. The number of allylic oxidation sites excluding steroid dienone is 6. The molecule has 0 aromatic carbocycles. The van der Waals surface area contributed by atoms with Gasteiger partial charge >= 0.3 is 0 Å². The fourth-order valence-corrected chi connectivity index (χ4v) is 1.58. The third-order valence-corrected chi connectivity index (χ3v) is 2.69. The lowest BCUT2D eigenvalue weighted by molar-refractivity contribution is -0.107. The molecule has 0 saturated carbocycles. The van der Waals surface area contributed by atoms with Gasteiger partial charge in [0.2, 0.25) is 0 Å². The summed E-state index contributed by atoms with van der Waals surface area (Å²) in [5.74, 6) is 0. The monoisotopic (exact) mass is 248 g/mol. The quantitative estimate of drug-likeness (QED) is 0.257. The molecule has 0 amide bonds. The predicted molar refractivity (Wildman–Crippen MR) is 80.7 cm³/mol. The summed E-state index contributed by atoms with van der Waals surface area (Å²) in [6, 6.07) is 0. The van der Waals surface area contributed by atoms with Crippen LogP contribution in [0, 0.1) is 0 Å². The van der Waals surface area contributed by atoms with Crippen molar-refractivity contribution in [1.29, 1.82) is 0 Å². The maximum absolute atomic E-state index is 10.1. The van der Waals surface area contributed by atoms with Gasteiger partial charge in [-0.15, -0.1) is 0 Å². The van der Waals surface area contributed by atoms with E-state index in [1.165, 1.54) is 19.3 Å². The molecule has 1 heteroatoms. The van der Waals surface area contributed by atoms with Crippen molar-refractivity contribution < 1.29 is 4.79 Å². The molecule has 0 atom stereocenters. The largest absolute Gasteiger partial charge is 0.303 e. The van der Waals surface area contributed by atoms with Crippen LogP contribution in [-0.4, -0.2) is 6.29 Å². The Balaban J connectivity index is 3.27. The van der Waals surface area contributed by atoms with Crippen LogP contribution in [0.1, 0.15) is 64.7 Å². The van der Waals surface area contributed by atoms with Crippen LogP contribution in [-0.2, 0) is 4.79 Å². The Bertz CT molecular complexity index is 248. The van der Waals surface area contributed by atoms with E-state index in [2.05, 4.69) is 43.4 Å². The summed E-state index contributed by atoms with van der Waals surface area (Å²) in [6.45, 7) is 2.22. The van der Waals surface area contributed by atoms with Crippen LogP contribution in [0.4, 0.5) is 0 Å². The van der Waals surface area contributed by atoms with E-state index in [4.69, 9.17) is 0 Å². The standard InChI is InChI=1S/C17H28O/c1-2-3-4-5-6-7-8-9-10-11-12-13-14-15-16-17-18/h5-6,8-9,12-13,17H,2-4,7,10-11,14-16H2,1H3/b6-5-,9-8-,13-12+. The minimum Gasteiger partial charge on any atom is -0.303 e. The lowest BCUT2D eigenvalue weighted by Gasteiger charge is -1.89. The normalized spacial score (nSPS) is 12.1. The Morgan fingerprint density at radius 1 is 0.667 bits per heavy atom. The Morgan fingerprint density at radius 2 is 1.22 bits per heavy atom. The third-order valence-electron chi connectivity index (χ3n) is 2.69. The van der Waals surface area contributed by atoms with Crippen molar-refractivity contribution in [2.75, 3.05) is 0 Å². The molecule has 102 valence electrons. The molecule has 0 fully saturated rings. The van der Waals surface area contributed by atoms with E-state index in [0.717, 1.165) is 38.4 Å². The summed E-state index contributed by atoms with van der Waals surface area (Å²) in [4.78, 5) is 10.1. The summed E-state index contributed by atoms with van der Waals surface area (Å²) in [7, 11) is 0. The number of carbonyl (C=O) groups is 1. The minimum absolute atomic E-state index is 0.689. The van der Waals surface area contributed by atoms with E-state index in [1.807, 2.05) is 0 Å². The van der Waals surface area contributed by atoms with Crippen LogP contribution in [0.2, 0.25) is 0 Å². The number of rotatable bonds is 12. The van der Waals surface area contributed by atoms with Gasteiger partial charge in [-0.05, 0) is 38.5 Å². The highest BCUT2D eigenvalue weighted by Gasteiger charge is 1.82. The van der Waals surface area contributed by atoms with E-state index in [9.17, 15) is 4.79 Å². The van der Waals surface area contributed by atoms with E-state index in [-0.39, 0.29) is 0 Å². The third kappa shape index (κ3) is 14.9. The number of hydrogen-bond donors (Lipinski definition) is 0. The van der Waals surface area contributed by atoms with Crippen LogP contribution in [0.5, 0.6) is 0 Å². The van der Waals surface area contributed by atoms with Gasteiger partial charge in [0.05, 0.1) is 0 Å². The number of carbonyl (C=O) groups excluding carboxylic acids is 1. The minimum atomic E-state index is 0.689. The first-order chi connectivity index (χ1) is 8.91. The topological polar surface area (TPSA) is 17.1 Å². The lowest BCUT2D eigenvalue weighted by atomic mass is 10.2. The summed E-state index contributed by atoms with van der Waals surface area (Å²) in [5, 5.41) is 0. The molecule has 0 aromatic heterocycles. The summed E-state index contributed by atoms with van der Waals surface area (Å²) in [6.07, 6.45) is 24.2. The van der Waals surface area contributed by atoms with Crippen molar-refractivity contribution in [3.05, 3.63) is 36.5 Å². The van der Waals surface area contributed by atoms with E-state index in [0.29, 0.717) is 6.42 Å². The molecule has 0 N–H and O–H groups in total. The Morgan fingerprint density at radius 3 is 1.89 bits per heavy atom. The molecule has 0 aliphatic carbocycles. The first-order valence-corrected chi connectivity index (χ1v) is 7.30. The molecule has 0 aromatic rings. The zero-order chi connectivity index (χ0) is 13.3. The van der Waals surface area contributed by atoms with Gasteiger partial charge in [-0.3, -0.25) is 0 Å². The summed E-state index contributed by atoms with van der Waals surface area (Å²) in [5.41, 5.74) is 0. The predicted octanol–water partition coefficient (Wildman–Crippen LogP) is 5.38. The van der Waals surface area contributed by atoms with Gasteiger partial charge in [0, 0.05) is 6.42 Å². The van der Waals surface area contributed by atoms with Crippen LogP contribution in [0.25, 0.3) is 0 Å². The van der Waals surface area contributed by atoms with Crippen LogP contribution < -0.4 is 0 Å².